The minimum atomic E-state index is -3.55. The van der Waals surface area contributed by atoms with Crippen LogP contribution in [0.3, 0.4) is 0 Å². The van der Waals surface area contributed by atoms with E-state index in [2.05, 4.69) is 31.1 Å². The van der Waals surface area contributed by atoms with Gasteiger partial charge in [0, 0.05) is 43.0 Å². The first kappa shape index (κ1) is 20.6. The maximum Gasteiger partial charge on any atom is 0.243 e. The molecule has 3 heterocycles. The lowest BCUT2D eigenvalue weighted by atomic mass is 9.93. The van der Waals surface area contributed by atoms with Gasteiger partial charge in [0.15, 0.2) is 11.5 Å². The van der Waals surface area contributed by atoms with Crippen molar-refractivity contribution in [3.05, 3.63) is 34.3 Å². The molecule has 0 aliphatic carbocycles. The van der Waals surface area contributed by atoms with E-state index in [1.165, 1.54) is 0 Å². The van der Waals surface area contributed by atoms with Crippen molar-refractivity contribution in [2.75, 3.05) is 39.4 Å². The van der Waals surface area contributed by atoms with Gasteiger partial charge in [-0.05, 0) is 12.1 Å². The van der Waals surface area contributed by atoms with Crippen LogP contribution in [0.25, 0.3) is 0 Å². The molecule has 1 fully saturated rings. The van der Waals surface area contributed by atoms with Gasteiger partial charge in [-0.3, -0.25) is 4.90 Å². The maximum absolute atomic E-state index is 13.1. The number of fused-ring (bicyclic) bond motifs is 1. The number of sulfonamides is 1. The highest BCUT2D eigenvalue weighted by Gasteiger charge is 2.30. The second-order valence-corrected chi connectivity index (χ2v) is 11.2. The Balaban J connectivity index is 1.39. The number of piperazine rings is 1. The predicted molar refractivity (Wildman–Crippen MR) is 112 cm³/mol. The van der Waals surface area contributed by atoms with Crippen LogP contribution >= 0.6 is 11.3 Å². The molecule has 7 nitrogen and oxygen atoms in total. The molecule has 0 amide bonds. The third kappa shape index (κ3) is 4.42. The molecule has 0 radical (unpaired) electrons. The Morgan fingerprint density at radius 1 is 1.07 bits per heavy atom. The topological polar surface area (TPSA) is 72.0 Å². The number of aromatic nitrogens is 1. The van der Waals surface area contributed by atoms with E-state index in [-0.39, 0.29) is 10.3 Å². The third-order valence-corrected chi connectivity index (χ3v) is 7.89. The van der Waals surface area contributed by atoms with Crippen LogP contribution in [-0.4, -0.2) is 62.0 Å². The fourth-order valence-electron chi connectivity index (χ4n) is 3.38. The molecule has 1 aromatic heterocycles. The summed E-state index contributed by atoms with van der Waals surface area (Å²) in [6, 6.07) is 4.84. The lowest BCUT2D eigenvalue weighted by molar-refractivity contribution is 0.170. The summed E-state index contributed by atoms with van der Waals surface area (Å²) in [6.07, 6.45) is 0. The minimum Gasteiger partial charge on any atom is -0.486 e. The van der Waals surface area contributed by atoms with Crippen LogP contribution in [0.15, 0.2) is 28.5 Å². The zero-order valence-electron chi connectivity index (χ0n) is 17.1. The van der Waals surface area contributed by atoms with Crippen molar-refractivity contribution in [3.63, 3.8) is 0 Å². The molecule has 2 aromatic rings. The Kier molecular flexibility index (Phi) is 5.58. The van der Waals surface area contributed by atoms with E-state index < -0.39 is 10.0 Å². The highest BCUT2D eigenvalue weighted by Crippen LogP contribution is 2.33. The van der Waals surface area contributed by atoms with Gasteiger partial charge in [0.2, 0.25) is 10.0 Å². The molecule has 0 atom stereocenters. The predicted octanol–water partition coefficient (Wildman–Crippen LogP) is 2.72. The summed E-state index contributed by atoms with van der Waals surface area (Å²) in [5.74, 6) is 1.09. The largest absolute Gasteiger partial charge is 0.486 e. The van der Waals surface area contributed by atoms with Crippen molar-refractivity contribution in [3.8, 4) is 11.5 Å². The molecule has 0 spiro atoms. The summed E-state index contributed by atoms with van der Waals surface area (Å²) in [5.41, 5.74) is 1.16. The number of nitrogens with zero attached hydrogens (tertiary/aromatic N) is 3. The summed E-state index contributed by atoms with van der Waals surface area (Å²) < 4.78 is 38.7. The summed E-state index contributed by atoms with van der Waals surface area (Å²) in [4.78, 5) is 7.27. The summed E-state index contributed by atoms with van der Waals surface area (Å²) in [7, 11) is -3.55. The molecule has 9 heteroatoms. The molecular formula is C20H27N3O4S2. The van der Waals surface area contributed by atoms with E-state index in [1.54, 1.807) is 33.8 Å². The summed E-state index contributed by atoms with van der Waals surface area (Å²) >= 11 is 1.68. The second kappa shape index (κ2) is 7.86. The van der Waals surface area contributed by atoms with Crippen molar-refractivity contribution < 1.29 is 17.9 Å². The van der Waals surface area contributed by atoms with Gasteiger partial charge in [-0.25, -0.2) is 13.4 Å². The van der Waals surface area contributed by atoms with Crippen molar-refractivity contribution in [2.45, 2.75) is 37.6 Å². The second-order valence-electron chi connectivity index (χ2n) is 8.36. The maximum atomic E-state index is 13.1. The van der Waals surface area contributed by atoms with Gasteiger partial charge in [-0.15, -0.1) is 11.3 Å². The highest BCUT2D eigenvalue weighted by atomic mass is 32.2. The van der Waals surface area contributed by atoms with Gasteiger partial charge in [0.05, 0.1) is 17.1 Å². The van der Waals surface area contributed by atoms with E-state index in [1.807, 2.05) is 0 Å². The third-order valence-electron chi connectivity index (χ3n) is 5.16. The van der Waals surface area contributed by atoms with Gasteiger partial charge >= 0.3 is 0 Å². The first-order valence-corrected chi connectivity index (χ1v) is 12.1. The Hall–Kier alpha value is -1.68. The average Bonchev–Trinajstić information content (AvgIpc) is 3.17. The Morgan fingerprint density at radius 2 is 1.76 bits per heavy atom. The van der Waals surface area contributed by atoms with Gasteiger partial charge < -0.3 is 9.47 Å². The monoisotopic (exact) mass is 437 g/mol. The highest BCUT2D eigenvalue weighted by molar-refractivity contribution is 7.89. The van der Waals surface area contributed by atoms with Gasteiger partial charge in [0.1, 0.15) is 18.2 Å². The molecule has 0 saturated carbocycles. The van der Waals surface area contributed by atoms with Gasteiger partial charge in [0.25, 0.3) is 0 Å². The van der Waals surface area contributed by atoms with Crippen LogP contribution in [-0.2, 0) is 22.0 Å². The lowest BCUT2D eigenvalue weighted by Crippen LogP contribution is -2.48. The van der Waals surface area contributed by atoms with E-state index in [0.29, 0.717) is 50.9 Å². The molecule has 158 valence electrons. The standard InChI is InChI=1S/C20H27N3O4S2/c1-20(2,3)18-14-28-19(21-18)13-22-6-8-23(9-7-22)29(24,25)15-4-5-16-17(12-15)27-11-10-26-16/h4-5,12,14H,6-11,13H2,1-3H3. The average molecular weight is 438 g/mol. The number of rotatable bonds is 4. The normalized spacial score (nSPS) is 18.7. The van der Waals surface area contributed by atoms with Crippen molar-refractivity contribution in [2.24, 2.45) is 0 Å². The molecule has 1 aromatic carbocycles. The SMILES string of the molecule is CC(C)(C)c1csc(CN2CCN(S(=O)(=O)c3ccc4c(c3)OCCO4)CC2)n1. The Labute approximate surface area is 176 Å². The fraction of sp³-hybridized carbons (Fsp3) is 0.550. The van der Waals surface area contributed by atoms with Crippen LogP contribution < -0.4 is 9.47 Å². The van der Waals surface area contributed by atoms with Gasteiger partial charge in [-0.1, -0.05) is 20.8 Å². The van der Waals surface area contributed by atoms with E-state index in [4.69, 9.17) is 14.5 Å². The van der Waals surface area contributed by atoms with E-state index >= 15 is 0 Å². The van der Waals surface area contributed by atoms with Crippen molar-refractivity contribution in [1.29, 1.82) is 0 Å². The van der Waals surface area contributed by atoms with E-state index in [9.17, 15) is 8.42 Å². The lowest BCUT2D eigenvalue weighted by Gasteiger charge is -2.33. The van der Waals surface area contributed by atoms with Crippen LogP contribution in [0.1, 0.15) is 31.5 Å². The van der Waals surface area contributed by atoms with E-state index in [0.717, 1.165) is 17.2 Å². The zero-order valence-corrected chi connectivity index (χ0v) is 18.7. The number of benzene rings is 1. The van der Waals surface area contributed by atoms with Crippen molar-refractivity contribution >= 4 is 21.4 Å². The molecule has 1 saturated heterocycles. The van der Waals surface area contributed by atoms with Crippen molar-refractivity contribution in [1.82, 2.24) is 14.2 Å². The molecular weight excluding hydrogens is 410 g/mol. The number of hydrogen-bond donors (Lipinski definition) is 0. The van der Waals surface area contributed by atoms with Crippen LogP contribution in [0.2, 0.25) is 0 Å². The molecule has 4 rings (SSSR count). The molecule has 0 bridgehead atoms. The first-order valence-electron chi connectivity index (χ1n) is 9.80. The first-order chi connectivity index (χ1) is 13.7. The van der Waals surface area contributed by atoms with Gasteiger partial charge in [-0.2, -0.15) is 4.31 Å². The van der Waals surface area contributed by atoms with Crippen LogP contribution in [0.4, 0.5) is 0 Å². The number of thiazole rings is 1. The number of ether oxygens (including phenoxy) is 2. The summed E-state index contributed by atoms with van der Waals surface area (Å²) in [6.45, 7) is 10.5. The Bertz CT molecular complexity index is 974. The minimum absolute atomic E-state index is 0.0468. The quantitative estimate of drug-likeness (QED) is 0.732. The Morgan fingerprint density at radius 3 is 2.41 bits per heavy atom. The molecule has 29 heavy (non-hydrogen) atoms. The molecule has 2 aliphatic rings. The van der Waals surface area contributed by atoms with Crippen LogP contribution in [0, 0.1) is 0 Å². The number of hydrogen-bond acceptors (Lipinski definition) is 7. The zero-order chi connectivity index (χ0) is 20.6. The fourth-order valence-corrected chi connectivity index (χ4v) is 5.88. The van der Waals surface area contributed by atoms with Crippen LogP contribution in [0.5, 0.6) is 11.5 Å². The molecule has 2 aliphatic heterocycles. The molecule has 0 unspecified atom stereocenters. The summed E-state index contributed by atoms with van der Waals surface area (Å²) in [5, 5.41) is 3.20. The molecule has 0 N–H and O–H groups in total. The smallest absolute Gasteiger partial charge is 0.243 e.